The van der Waals surface area contributed by atoms with Crippen molar-refractivity contribution in [3.8, 4) is 0 Å². The molecule has 28 heavy (non-hydrogen) atoms. The van der Waals surface area contributed by atoms with Gasteiger partial charge in [-0.15, -0.1) is 0 Å². The molecular formula is C22H34N4O2. The maximum atomic E-state index is 13.2. The Balaban J connectivity index is 2.60. The molecule has 2 aromatic rings. The number of fused-ring (bicyclic) bond motifs is 1. The molecule has 0 radical (unpaired) electrons. The van der Waals surface area contributed by atoms with E-state index < -0.39 is 5.41 Å². The highest BCUT2D eigenvalue weighted by Crippen LogP contribution is 2.26. The average Bonchev–Trinajstić information content (AvgIpc) is 2.62. The summed E-state index contributed by atoms with van der Waals surface area (Å²) in [5, 5.41) is 0.619. The molecule has 0 aliphatic heterocycles. The Kier molecular flexibility index (Phi) is 6.99. The van der Waals surface area contributed by atoms with E-state index in [9.17, 15) is 9.59 Å². The van der Waals surface area contributed by atoms with Crippen molar-refractivity contribution in [1.82, 2.24) is 19.4 Å². The number of likely N-dealkylation sites (N-methyl/N-ethyl adjacent to an activating group) is 1. The van der Waals surface area contributed by atoms with Gasteiger partial charge in [0.2, 0.25) is 5.91 Å². The van der Waals surface area contributed by atoms with E-state index in [0.29, 0.717) is 29.8 Å². The van der Waals surface area contributed by atoms with E-state index in [1.807, 2.05) is 77.9 Å². The van der Waals surface area contributed by atoms with Crippen molar-refractivity contribution in [3.63, 3.8) is 0 Å². The zero-order valence-corrected chi connectivity index (χ0v) is 18.3. The first kappa shape index (κ1) is 22.1. The van der Waals surface area contributed by atoms with Crippen molar-refractivity contribution >= 4 is 16.8 Å². The molecule has 1 heterocycles. The highest BCUT2D eigenvalue weighted by Gasteiger charge is 2.32. The lowest BCUT2D eigenvalue weighted by Crippen LogP contribution is -2.45. The minimum absolute atomic E-state index is 0.0370. The maximum Gasteiger partial charge on any atom is 0.261 e. The summed E-state index contributed by atoms with van der Waals surface area (Å²) in [6.07, 6.45) is 0.824. The molecule has 0 aliphatic rings. The molecule has 0 fully saturated rings. The highest BCUT2D eigenvalue weighted by molar-refractivity contribution is 5.82. The molecule has 0 bridgehead atoms. The van der Waals surface area contributed by atoms with Gasteiger partial charge in [-0.3, -0.25) is 14.2 Å². The van der Waals surface area contributed by atoms with Crippen molar-refractivity contribution in [1.29, 1.82) is 0 Å². The smallest absolute Gasteiger partial charge is 0.261 e. The summed E-state index contributed by atoms with van der Waals surface area (Å²) in [7, 11) is 3.98. The molecule has 6 heteroatoms. The van der Waals surface area contributed by atoms with Crippen molar-refractivity contribution in [3.05, 3.63) is 40.4 Å². The van der Waals surface area contributed by atoms with Gasteiger partial charge in [0.05, 0.1) is 16.9 Å². The fourth-order valence-corrected chi connectivity index (χ4v) is 3.29. The van der Waals surface area contributed by atoms with E-state index >= 15 is 0 Å². The Morgan fingerprint density at radius 2 is 1.82 bits per heavy atom. The number of para-hydroxylation sites is 1. The number of rotatable bonds is 7. The van der Waals surface area contributed by atoms with Gasteiger partial charge >= 0.3 is 0 Å². The molecule has 0 saturated heterocycles. The number of carbonyl (C=O) groups excluding carboxylic acids is 1. The van der Waals surface area contributed by atoms with Crippen LogP contribution in [0.25, 0.3) is 10.9 Å². The molecular weight excluding hydrogens is 352 g/mol. The first-order valence-corrected chi connectivity index (χ1v) is 10.0. The second kappa shape index (κ2) is 8.86. The molecule has 0 spiro atoms. The molecule has 0 aliphatic carbocycles. The standard InChI is InChI=1S/C22H34N4O2/c1-8-13-26-19(23-18-12-10-9-11-17(18)20(26)27)16(2)25(15-14-24(6)7)21(28)22(3,4)5/h9-12,16H,8,13-15H2,1-7H3. The Bertz CT molecular complexity index is 880. The molecule has 0 N–H and O–H groups in total. The SMILES string of the molecule is CCCn1c(C(C)N(CCN(C)C)C(=O)C(C)(C)C)nc2ccccc2c1=O. The summed E-state index contributed by atoms with van der Waals surface area (Å²) in [6.45, 7) is 11.7. The highest BCUT2D eigenvalue weighted by atomic mass is 16.2. The Morgan fingerprint density at radius 3 is 2.39 bits per heavy atom. The van der Waals surface area contributed by atoms with Crippen LogP contribution in [0.3, 0.4) is 0 Å². The Morgan fingerprint density at radius 1 is 1.18 bits per heavy atom. The fraction of sp³-hybridized carbons (Fsp3) is 0.591. The number of nitrogens with zero attached hydrogens (tertiary/aromatic N) is 4. The lowest BCUT2D eigenvalue weighted by molar-refractivity contribution is -0.142. The van der Waals surface area contributed by atoms with Crippen LogP contribution in [0.15, 0.2) is 29.1 Å². The minimum atomic E-state index is -0.507. The number of hydrogen-bond donors (Lipinski definition) is 0. The second-order valence-electron chi connectivity index (χ2n) is 8.67. The van der Waals surface area contributed by atoms with Gasteiger partial charge in [0.15, 0.2) is 0 Å². The first-order chi connectivity index (χ1) is 13.1. The molecule has 6 nitrogen and oxygen atoms in total. The van der Waals surface area contributed by atoms with Gasteiger partial charge in [-0.25, -0.2) is 4.98 Å². The van der Waals surface area contributed by atoms with Crippen LogP contribution in [0.4, 0.5) is 0 Å². The molecule has 154 valence electrons. The molecule has 1 atom stereocenters. The van der Waals surface area contributed by atoms with E-state index in [-0.39, 0.29) is 17.5 Å². The van der Waals surface area contributed by atoms with E-state index in [0.717, 1.165) is 13.0 Å². The Labute approximate surface area is 168 Å². The summed E-state index contributed by atoms with van der Waals surface area (Å²) < 4.78 is 1.74. The summed E-state index contributed by atoms with van der Waals surface area (Å²) in [4.78, 5) is 35.1. The third-order valence-corrected chi connectivity index (χ3v) is 4.87. The third kappa shape index (κ3) is 4.79. The van der Waals surface area contributed by atoms with Crippen molar-refractivity contribution in [2.75, 3.05) is 27.2 Å². The van der Waals surface area contributed by atoms with Crippen LogP contribution in [0.1, 0.15) is 52.9 Å². The topological polar surface area (TPSA) is 58.4 Å². The largest absolute Gasteiger partial charge is 0.331 e. The lowest BCUT2D eigenvalue weighted by atomic mass is 9.93. The lowest BCUT2D eigenvalue weighted by Gasteiger charge is -2.35. The summed E-state index contributed by atoms with van der Waals surface area (Å²) in [6, 6.07) is 7.12. The second-order valence-corrected chi connectivity index (χ2v) is 8.67. The van der Waals surface area contributed by atoms with E-state index in [2.05, 4.69) is 4.90 Å². The molecule has 0 saturated carbocycles. The number of carbonyl (C=O) groups is 1. The normalized spacial score (nSPS) is 13.1. The van der Waals surface area contributed by atoms with Gasteiger partial charge in [-0.1, -0.05) is 39.8 Å². The average molecular weight is 387 g/mol. The first-order valence-electron chi connectivity index (χ1n) is 10.0. The van der Waals surface area contributed by atoms with Crippen LogP contribution < -0.4 is 5.56 Å². The minimum Gasteiger partial charge on any atom is -0.331 e. The van der Waals surface area contributed by atoms with Crippen molar-refractivity contribution in [2.24, 2.45) is 5.41 Å². The quantitative estimate of drug-likeness (QED) is 0.733. The fourth-order valence-electron chi connectivity index (χ4n) is 3.29. The van der Waals surface area contributed by atoms with Gasteiger partial charge in [-0.2, -0.15) is 0 Å². The van der Waals surface area contributed by atoms with Gasteiger partial charge < -0.3 is 9.80 Å². The van der Waals surface area contributed by atoms with E-state index in [1.54, 1.807) is 4.57 Å². The van der Waals surface area contributed by atoms with Crippen molar-refractivity contribution in [2.45, 2.75) is 53.6 Å². The monoisotopic (exact) mass is 386 g/mol. The molecule has 1 amide bonds. The van der Waals surface area contributed by atoms with Crippen LogP contribution in [-0.4, -0.2) is 52.4 Å². The number of hydrogen-bond acceptors (Lipinski definition) is 4. The Hall–Kier alpha value is -2.21. The van der Waals surface area contributed by atoms with Crippen LogP contribution in [0.5, 0.6) is 0 Å². The molecule has 1 aromatic carbocycles. The van der Waals surface area contributed by atoms with Crippen LogP contribution >= 0.6 is 0 Å². The predicted octanol–water partition coefficient (Wildman–Crippen LogP) is 3.30. The van der Waals surface area contributed by atoms with Crippen LogP contribution in [-0.2, 0) is 11.3 Å². The van der Waals surface area contributed by atoms with E-state index in [1.165, 1.54) is 0 Å². The molecule has 1 aromatic heterocycles. The van der Waals surface area contributed by atoms with Crippen LogP contribution in [0, 0.1) is 5.41 Å². The zero-order chi connectivity index (χ0) is 21.1. The number of amides is 1. The molecule has 1 unspecified atom stereocenters. The van der Waals surface area contributed by atoms with Crippen molar-refractivity contribution < 1.29 is 4.79 Å². The molecule has 2 rings (SSSR count). The van der Waals surface area contributed by atoms with Crippen LogP contribution in [0.2, 0.25) is 0 Å². The van der Waals surface area contributed by atoms with Gasteiger partial charge in [0.25, 0.3) is 5.56 Å². The van der Waals surface area contributed by atoms with Gasteiger partial charge in [0.1, 0.15) is 5.82 Å². The van der Waals surface area contributed by atoms with E-state index in [4.69, 9.17) is 4.98 Å². The third-order valence-electron chi connectivity index (χ3n) is 4.87. The summed E-state index contributed by atoms with van der Waals surface area (Å²) in [5.41, 5.74) is 0.135. The summed E-state index contributed by atoms with van der Waals surface area (Å²) in [5.74, 6) is 0.717. The predicted molar refractivity (Wildman–Crippen MR) is 114 cm³/mol. The zero-order valence-electron chi connectivity index (χ0n) is 18.3. The maximum absolute atomic E-state index is 13.2. The number of aromatic nitrogens is 2. The number of benzene rings is 1. The van der Waals surface area contributed by atoms with Gasteiger partial charge in [-0.05, 0) is 39.6 Å². The summed E-state index contributed by atoms with van der Waals surface area (Å²) >= 11 is 0. The van der Waals surface area contributed by atoms with Gasteiger partial charge in [0, 0.05) is 25.0 Å².